The second-order valence-corrected chi connectivity index (χ2v) is 5.07. The molecule has 88 valence electrons. The first-order valence-corrected chi connectivity index (χ1v) is 6.27. The predicted molar refractivity (Wildman–Crippen MR) is 64.8 cm³/mol. The van der Waals surface area contributed by atoms with Crippen molar-refractivity contribution in [3.8, 4) is 0 Å². The number of ether oxygens (including phenoxy) is 1. The summed E-state index contributed by atoms with van der Waals surface area (Å²) >= 11 is 3.33. The summed E-state index contributed by atoms with van der Waals surface area (Å²) in [6.07, 6.45) is 2.64. The Morgan fingerprint density at radius 3 is 3.06 bits per heavy atom. The zero-order valence-electron chi connectivity index (χ0n) is 8.96. The molecule has 1 aromatic rings. The third-order valence-corrected chi connectivity index (χ3v) is 3.40. The highest BCUT2D eigenvalue weighted by molar-refractivity contribution is 9.10. The van der Waals surface area contributed by atoms with E-state index in [1.165, 1.54) is 6.07 Å². The molecule has 2 unspecified atom stereocenters. The molecule has 16 heavy (non-hydrogen) atoms. The van der Waals surface area contributed by atoms with Crippen molar-refractivity contribution in [1.82, 2.24) is 0 Å². The fourth-order valence-electron chi connectivity index (χ4n) is 2.03. The topological polar surface area (TPSA) is 35.2 Å². The average Bonchev–Trinajstić information content (AvgIpc) is 2.76. The lowest BCUT2D eigenvalue weighted by Gasteiger charge is -2.18. The molecule has 0 aliphatic carbocycles. The van der Waals surface area contributed by atoms with Gasteiger partial charge in [-0.3, -0.25) is 0 Å². The van der Waals surface area contributed by atoms with Crippen LogP contribution in [0.15, 0.2) is 22.7 Å². The highest BCUT2D eigenvalue weighted by Gasteiger charge is 2.23. The summed E-state index contributed by atoms with van der Waals surface area (Å²) in [5.41, 5.74) is 6.67. The van der Waals surface area contributed by atoms with E-state index in [-0.39, 0.29) is 18.0 Å². The molecule has 0 radical (unpaired) electrons. The summed E-state index contributed by atoms with van der Waals surface area (Å²) in [4.78, 5) is 0. The van der Waals surface area contributed by atoms with Gasteiger partial charge in [-0.2, -0.15) is 0 Å². The van der Waals surface area contributed by atoms with Gasteiger partial charge in [0.25, 0.3) is 0 Å². The number of nitrogens with two attached hydrogens (primary N) is 1. The molecule has 0 saturated carbocycles. The summed E-state index contributed by atoms with van der Waals surface area (Å²) in [7, 11) is 0. The largest absolute Gasteiger partial charge is 0.377 e. The predicted octanol–water partition coefficient (Wildman–Crippen LogP) is 2.64. The first-order chi connectivity index (χ1) is 7.66. The van der Waals surface area contributed by atoms with Crippen molar-refractivity contribution in [2.24, 2.45) is 5.73 Å². The fourth-order valence-corrected chi connectivity index (χ4v) is 2.43. The summed E-state index contributed by atoms with van der Waals surface area (Å²) in [6.45, 7) is 0.777. The monoisotopic (exact) mass is 287 g/mol. The van der Waals surface area contributed by atoms with E-state index >= 15 is 0 Å². The van der Waals surface area contributed by atoms with Crippen LogP contribution in [0.2, 0.25) is 0 Å². The van der Waals surface area contributed by atoms with Gasteiger partial charge in [0, 0.05) is 17.1 Å². The molecular formula is C12H15BrFNO. The van der Waals surface area contributed by atoms with Gasteiger partial charge < -0.3 is 10.5 Å². The van der Waals surface area contributed by atoms with E-state index < -0.39 is 0 Å². The minimum Gasteiger partial charge on any atom is -0.377 e. The maximum atomic E-state index is 13.5. The van der Waals surface area contributed by atoms with Crippen LogP contribution in [0.1, 0.15) is 18.4 Å². The number of benzene rings is 1. The second-order valence-electron chi connectivity index (χ2n) is 4.16. The van der Waals surface area contributed by atoms with Crippen LogP contribution in [0.3, 0.4) is 0 Å². The van der Waals surface area contributed by atoms with E-state index in [2.05, 4.69) is 15.9 Å². The van der Waals surface area contributed by atoms with E-state index in [1.807, 2.05) is 0 Å². The Morgan fingerprint density at radius 2 is 2.38 bits per heavy atom. The van der Waals surface area contributed by atoms with Crippen molar-refractivity contribution in [2.45, 2.75) is 31.4 Å². The quantitative estimate of drug-likeness (QED) is 0.928. The minimum absolute atomic E-state index is 0.0818. The fraction of sp³-hybridized carbons (Fsp3) is 0.500. The Kier molecular flexibility index (Phi) is 3.95. The third-order valence-electron chi connectivity index (χ3n) is 2.91. The molecule has 4 heteroatoms. The molecule has 1 aliphatic heterocycles. The average molecular weight is 288 g/mol. The molecular weight excluding hydrogens is 273 g/mol. The smallest absolute Gasteiger partial charge is 0.126 e. The molecule has 2 nitrogen and oxygen atoms in total. The first-order valence-electron chi connectivity index (χ1n) is 5.48. The van der Waals surface area contributed by atoms with Crippen molar-refractivity contribution < 1.29 is 9.13 Å². The Balaban J connectivity index is 2.04. The van der Waals surface area contributed by atoms with Gasteiger partial charge in [0.2, 0.25) is 0 Å². The van der Waals surface area contributed by atoms with E-state index in [4.69, 9.17) is 10.5 Å². The Labute approximate surface area is 103 Å². The highest BCUT2D eigenvalue weighted by atomic mass is 79.9. The van der Waals surface area contributed by atoms with Gasteiger partial charge in [0.1, 0.15) is 5.82 Å². The number of halogens is 2. The van der Waals surface area contributed by atoms with Gasteiger partial charge in [-0.05, 0) is 43.0 Å². The Morgan fingerprint density at radius 1 is 1.56 bits per heavy atom. The highest BCUT2D eigenvalue weighted by Crippen LogP contribution is 2.21. The van der Waals surface area contributed by atoms with Crippen molar-refractivity contribution in [1.29, 1.82) is 0 Å². The summed E-state index contributed by atoms with van der Waals surface area (Å²) < 4.78 is 19.9. The molecule has 1 aliphatic rings. The maximum absolute atomic E-state index is 13.5. The number of hydrogen-bond acceptors (Lipinski definition) is 2. The van der Waals surface area contributed by atoms with Gasteiger partial charge >= 0.3 is 0 Å². The lowest BCUT2D eigenvalue weighted by atomic mass is 10.00. The lowest BCUT2D eigenvalue weighted by molar-refractivity contribution is 0.0898. The molecule has 1 fully saturated rings. The van der Waals surface area contributed by atoms with Crippen LogP contribution in [0.5, 0.6) is 0 Å². The zero-order chi connectivity index (χ0) is 11.5. The normalized spacial score (nSPS) is 22.3. The van der Waals surface area contributed by atoms with Crippen molar-refractivity contribution in [2.75, 3.05) is 6.61 Å². The van der Waals surface area contributed by atoms with E-state index in [1.54, 1.807) is 12.1 Å². The minimum atomic E-state index is -0.198. The van der Waals surface area contributed by atoms with Crippen LogP contribution < -0.4 is 5.73 Å². The number of rotatable bonds is 3. The van der Waals surface area contributed by atoms with Crippen LogP contribution in [0.25, 0.3) is 0 Å². The van der Waals surface area contributed by atoms with Crippen molar-refractivity contribution >= 4 is 15.9 Å². The molecule has 0 amide bonds. The molecule has 1 heterocycles. The first kappa shape index (κ1) is 12.0. The van der Waals surface area contributed by atoms with Crippen molar-refractivity contribution in [3.05, 3.63) is 34.1 Å². The molecule has 1 aromatic carbocycles. The lowest BCUT2D eigenvalue weighted by Crippen LogP contribution is -2.36. The standard InChI is InChI=1S/C12H15BrFNO/c13-9-3-4-10(14)8(6-9)7-11(15)12-2-1-5-16-12/h3-4,6,11-12H,1-2,5,7,15H2. The van der Waals surface area contributed by atoms with Crippen LogP contribution in [-0.2, 0) is 11.2 Å². The molecule has 1 saturated heterocycles. The van der Waals surface area contributed by atoms with Gasteiger partial charge in [-0.15, -0.1) is 0 Å². The van der Waals surface area contributed by atoms with E-state index in [0.717, 1.165) is 23.9 Å². The third kappa shape index (κ3) is 2.81. The zero-order valence-corrected chi connectivity index (χ0v) is 10.5. The summed E-state index contributed by atoms with van der Waals surface area (Å²) in [6, 6.07) is 4.81. The molecule has 2 atom stereocenters. The van der Waals surface area contributed by atoms with E-state index in [9.17, 15) is 4.39 Å². The molecule has 0 aromatic heterocycles. The van der Waals surface area contributed by atoms with Crippen LogP contribution in [-0.4, -0.2) is 18.8 Å². The molecule has 0 spiro atoms. The van der Waals surface area contributed by atoms with Gasteiger partial charge in [-0.25, -0.2) is 4.39 Å². The molecule has 0 bridgehead atoms. The van der Waals surface area contributed by atoms with Crippen LogP contribution >= 0.6 is 15.9 Å². The van der Waals surface area contributed by atoms with Crippen LogP contribution in [0.4, 0.5) is 4.39 Å². The molecule has 2 rings (SSSR count). The van der Waals surface area contributed by atoms with E-state index in [0.29, 0.717) is 12.0 Å². The van der Waals surface area contributed by atoms with Gasteiger partial charge in [0.15, 0.2) is 0 Å². The van der Waals surface area contributed by atoms with Crippen molar-refractivity contribution in [3.63, 3.8) is 0 Å². The van der Waals surface area contributed by atoms with Gasteiger partial charge in [-0.1, -0.05) is 15.9 Å². The SMILES string of the molecule is NC(Cc1cc(Br)ccc1F)C1CCCO1. The maximum Gasteiger partial charge on any atom is 0.126 e. The molecule has 2 N–H and O–H groups in total. The van der Waals surface area contributed by atoms with Gasteiger partial charge in [0.05, 0.1) is 6.10 Å². The Bertz CT molecular complexity index is 366. The Hall–Kier alpha value is -0.450. The summed E-state index contributed by atoms with van der Waals surface area (Å²) in [5, 5.41) is 0. The van der Waals surface area contributed by atoms with Crippen LogP contribution in [0, 0.1) is 5.82 Å². The second kappa shape index (κ2) is 5.25. The number of hydrogen-bond donors (Lipinski definition) is 1. The summed E-state index contributed by atoms with van der Waals surface area (Å²) in [5.74, 6) is -0.198.